The van der Waals surface area contributed by atoms with E-state index in [0.717, 1.165) is 31.5 Å². The van der Waals surface area contributed by atoms with E-state index in [1.54, 1.807) is 7.11 Å². The maximum absolute atomic E-state index is 5.68. The summed E-state index contributed by atoms with van der Waals surface area (Å²) in [6, 6.07) is 9.82. The lowest BCUT2D eigenvalue weighted by atomic mass is 9.92. The minimum Gasteiger partial charge on any atom is -0.368 e. The quantitative estimate of drug-likeness (QED) is 0.913. The van der Waals surface area contributed by atoms with Crippen molar-refractivity contribution in [3.05, 3.63) is 36.2 Å². The van der Waals surface area contributed by atoms with Gasteiger partial charge in [0.1, 0.15) is 5.60 Å². The highest BCUT2D eigenvalue weighted by molar-refractivity contribution is 5.53. The molecule has 1 aromatic carbocycles. The van der Waals surface area contributed by atoms with E-state index >= 15 is 0 Å². The molecule has 0 unspecified atom stereocenters. The molecule has 0 atom stereocenters. The van der Waals surface area contributed by atoms with Crippen LogP contribution in [0, 0.1) is 0 Å². The highest BCUT2D eigenvalue weighted by Crippen LogP contribution is 2.33. The smallest absolute Gasteiger partial charge is 0.259 e. The van der Waals surface area contributed by atoms with Crippen LogP contribution >= 0.6 is 0 Å². The first-order valence-electron chi connectivity index (χ1n) is 6.49. The van der Waals surface area contributed by atoms with Crippen LogP contribution < -0.4 is 5.32 Å². The first-order valence-corrected chi connectivity index (χ1v) is 6.49. The van der Waals surface area contributed by atoms with Crippen LogP contribution in [0.2, 0.25) is 0 Å². The molecule has 0 saturated carbocycles. The number of nitrogens with one attached hydrogen (secondary N) is 1. The second-order valence-electron chi connectivity index (χ2n) is 4.74. The van der Waals surface area contributed by atoms with Crippen molar-refractivity contribution in [2.75, 3.05) is 20.2 Å². The monoisotopic (exact) mass is 259 g/mol. The fourth-order valence-electron chi connectivity index (χ4n) is 2.45. The van der Waals surface area contributed by atoms with Crippen LogP contribution in [-0.2, 0) is 10.3 Å². The number of aromatic nitrogens is 2. The zero-order chi connectivity index (χ0) is 13.1. The molecule has 0 bridgehead atoms. The molecule has 1 aliphatic heterocycles. The topological polar surface area (TPSA) is 60.2 Å². The molecule has 1 fully saturated rings. The van der Waals surface area contributed by atoms with Crippen molar-refractivity contribution in [2.24, 2.45) is 0 Å². The SMILES string of the molecule is COC1(c2nc(-c3ccccc3)no2)CCNCC1. The Labute approximate surface area is 112 Å². The first-order chi connectivity index (χ1) is 9.34. The summed E-state index contributed by atoms with van der Waals surface area (Å²) in [6.07, 6.45) is 1.69. The summed E-state index contributed by atoms with van der Waals surface area (Å²) in [5, 5.41) is 7.38. The number of rotatable bonds is 3. The van der Waals surface area contributed by atoms with Crippen molar-refractivity contribution in [3.8, 4) is 11.4 Å². The molecule has 1 aromatic heterocycles. The third-order valence-corrected chi connectivity index (χ3v) is 3.65. The van der Waals surface area contributed by atoms with Gasteiger partial charge in [0.15, 0.2) is 0 Å². The Morgan fingerprint density at radius 1 is 1.21 bits per heavy atom. The lowest BCUT2D eigenvalue weighted by molar-refractivity contribution is -0.0622. The Bertz CT molecular complexity index is 533. The predicted octanol–water partition coefficient (Wildman–Crippen LogP) is 1.96. The van der Waals surface area contributed by atoms with Gasteiger partial charge in [-0.3, -0.25) is 0 Å². The van der Waals surface area contributed by atoms with Gasteiger partial charge in [-0.2, -0.15) is 4.98 Å². The number of nitrogens with zero attached hydrogens (tertiary/aromatic N) is 2. The molecular formula is C14H17N3O2. The normalized spacial score (nSPS) is 18.4. The standard InChI is InChI=1S/C14H17N3O2/c1-18-14(7-9-15-10-8-14)13-16-12(17-19-13)11-5-3-2-4-6-11/h2-6,15H,7-10H2,1H3. The largest absolute Gasteiger partial charge is 0.368 e. The molecule has 0 amide bonds. The molecule has 5 nitrogen and oxygen atoms in total. The van der Waals surface area contributed by atoms with Gasteiger partial charge in [0.25, 0.3) is 5.89 Å². The van der Waals surface area contributed by atoms with Crippen LogP contribution in [0.5, 0.6) is 0 Å². The number of piperidine rings is 1. The van der Waals surface area contributed by atoms with E-state index in [4.69, 9.17) is 9.26 Å². The molecule has 100 valence electrons. The number of hydrogen-bond donors (Lipinski definition) is 1. The van der Waals surface area contributed by atoms with Gasteiger partial charge in [-0.1, -0.05) is 35.5 Å². The Kier molecular flexibility index (Phi) is 3.31. The lowest BCUT2D eigenvalue weighted by Gasteiger charge is -2.32. The van der Waals surface area contributed by atoms with Crippen LogP contribution in [0.4, 0.5) is 0 Å². The van der Waals surface area contributed by atoms with Gasteiger partial charge < -0.3 is 14.6 Å². The molecule has 0 radical (unpaired) electrons. The van der Waals surface area contributed by atoms with E-state index in [9.17, 15) is 0 Å². The van der Waals surface area contributed by atoms with Gasteiger partial charge in [0.05, 0.1) is 0 Å². The number of ether oxygens (including phenoxy) is 1. The molecule has 1 N–H and O–H groups in total. The van der Waals surface area contributed by atoms with Crippen LogP contribution in [0.15, 0.2) is 34.9 Å². The lowest BCUT2D eigenvalue weighted by Crippen LogP contribution is -2.41. The highest BCUT2D eigenvalue weighted by Gasteiger charge is 2.39. The van der Waals surface area contributed by atoms with Gasteiger partial charge >= 0.3 is 0 Å². The van der Waals surface area contributed by atoms with Crippen molar-refractivity contribution in [3.63, 3.8) is 0 Å². The Morgan fingerprint density at radius 3 is 2.63 bits per heavy atom. The predicted molar refractivity (Wildman–Crippen MR) is 70.5 cm³/mol. The third-order valence-electron chi connectivity index (χ3n) is 3.65. The van der Waals surface area contributed by atoms with Crippen LogP contribution in [-0.4, -0.2) is 30.3 Å². The van der Waals surface area contributed by atoms with E-state index < -0.39 is 5.60 Å². The Morgan fingerprint density at radius 2 is 1.95 bits per heavy atom. The van der Waals surface area contributed by atoms with Crippen LogP contribution in [0.1, 0.15) is 18.7 Å². The summed E-state index contributed by atoms with van der Waals surface area (Å²) < 4.78 is 11.1. The molecule has 3 rings (SSSR count). The Balaban J connectivity index is 1.92. The van der Waals surface area contributed by atoms with Gasteiger partial charge in [-0.15, -0.1) is 0 Å². The second-order valence-corrected chi connectivity index (χ2v) is 4.74. The van der Waals surface area contributed by atoms with Gasteiger partial charge in [-0.25, -0.2) is 0 Å². The molecular weight excluding hydrogens is 242 g/mol. The number of methoxy groups -OCH3 is 1. The molecule has 5 heteroatoms. The van der Waals surface area contributed by atoms with E-state index in [1.165, 1.54) is 0 Å². The number of benzene rings is 1. The van der Waals surface area contributed by atoms with Gasteiger partial charge in [0.2, 0.25) is 5.82 Å². The summed E-state index contributed by atoms with van der Waals surface area (Å²) >= 11 is 0. The Hall–Kier alpha value is -1.72. The fraction of sp³-hybridized carbons (Fsp3) is 0.429. The van der Waals surface area contributed by atoms with Gasteiger partial charge in [0, 0.05) is 12.7 Å². The van der Waals surface area contributed by atoms with Crippen molar-refractivity contribution >= 4 is 0 Å². The molecule has 1 saturated heterocycles. The van der Waals surface area contributed by atoms with Gasteiger partial charge in [-0.05, 0) is 25.9 Å². The molecule has 0 aliphatic carbocycles. The van der Waals surface area contributed by atoms with E-state index in [-0.39, 0.29) is 0 Å². The second kappa shape index (κ2) is 5.11. The van der Waals surface area contributed by atoms with Crippen molar-refractivity contribution < 1.29 is 9.26 Å². The first kappa shape index (κ1) is 12.3. The molecule has 1 aliphatic rings. The zero-order valence-corrected chi connectivity index (χ0v) is 10.9. The van der Waals surface area contributed by atoms with E-state index in [0.29, 0.717) is 11.7 Å². The zero-order valence-electron chi connectivity index (χ0n) is 10.9. The maximum atomic E-state index is 5.68. The summed E-state index contributed by atoms with van der Waals surface area (Å²) in [7, 11) is 1.71. The molecule has 2 aromatic rings. The molecule has 0 spiro atoms. The van der Waals surface area contributed by atoms with Crippen LogP contribution in [0.25, 0.3) is 11.4 Å². The molecule has 2 heterocycles. The molecule has 19 heavy (non-hydrogen) atoms. The number of hydrogen-bond acceptors (Lipinski definition) is 5. The maximum Gasteiger partial charge on any atom is 0.259 e. The summed E-state index contributed by atoms with van der Waals surface area (Å²) in [6.45, 7) is 1.80. The van der Waals surface area contributed by atoms with Crippen molar-refractivity contribution in [1.82, 2.24) is 15.5 Å². The minimum atomic E-state index is -0.439. The van der Waals surface area contributed by atoms with Crippen LogP contribution in [0.3, 0.4) is 0 Å². The average molecular weight is 259 g/mol. The van der Waals surface area contributed by atoms with E-state index in [2.05, 4.69) is 15.5 Å². The highest BCUT2D eigenvalue weighted by atomic mass is 16.5. The summed E-state index contributed by atoms with van der Waals surface area (Å²) in [5.74, 6) is 1.20. The summed E-state index contributed by atoms with van der Waals surface area (Å²) in [5.41, 5.74) is 0.517. The van der Waals surface area contributed by atoms with Crippen molar-refractivity contribution in [2.45, 2.75) is 18.4 Å². The third kappa shape index (κ3) is 2.27. The van der Waals surface area contributed by atoms with Crippen molar-refractivity contribution in [1.29, 1.82) is 0 Å². The average Bonchev–Trinajstić information content (AvgIpc) is 2.99. The minimum absolute atomic E-state index is 0.439. The fourth-order valence-corrected chi connectivity index (χ4v) is 2.45. The summed E-state index contributed by atoms with van der Waals surface area (Å²) in [4.78, 5) is 4.52. The van der Waals surface area contributed by atoms with E-state index in [1.807, 2.05) is 30.3 Å².